The van der Waals surface area contributed by atoms with Crippen LogP contribution in [0.1, 0.15) is 0 Å². The smallest absolute Gasteiger partial charge is 0 e. The molecule has 0 aromatic heterocycles. The average molecular weight is 308 g/mol. The van der Waals surface area contributed by atoms with Crippen molar-refractivity contribution in [3.8, 4) is 0 Å². The van der Waals surface area contributed by atoms with Crippen LogP contribution >= 0.6 is 0 Å². The maximum atomic E-state index is 9.62. The van der Waals surface area contributed by atoms with Gasteiger partial charge in [-0.2, -0.15) is 0 Å². The molecule has 90 valence electrons. The summed E-state index contributed by atoms with van der Waals surface area (Å²) in [5.74, 6) is 0. The second kappa shape index (κ2) is 21.1. The van der Waals surface area contributed by atoms with Crippen molar-refractivity contribution in [2.24, 2.45) is 0 Å². The molecule has 1 aliphatic rings. The van der Waals surface area contributed by atoms with Crippen LogP contribution in [0.4, 0.5) is 0 Å². The molecule has 0 saturated carbocycles. The summed E-state index contributed by atoms with van der Waals surface area (Å²) in [6.45, 7) is 0. The quantitative estimate of drug-likeness (QED) is 0.477. The average Bonchev–Trinajstić information content (AvgIpc) is 1.82. The van der Waals surface area contributed by atoms with Gasteiger partial charge in [-0.05, 0) is 0 Å². The molecule has 10 N–H and O–H groups in total. The Morgan fingerprint density at radius 2 is 1.41 bits per heavy atom. The summed E-state index contributed by atoms with van der Waals surface area (Å²) in [7, 11) is -4.15. The fourth-order valence-corrected chi connectivity index (χ4v) is 0.465. The Labute approximate surface area is 183 Å². The second-order valence-corrected chi connectivity index (χ2v) is 1.54. The summed E-state index contributed by atoms with van der Waals surface area (Å²) in [6, 6.07) is 0. The summed E-state index contributed by atoms with van der Waals surface area (Å²) < 4.78 is 26.8. The van der Waals surface area contributed by atoms with Crippen molar-refractivity contribution in [1.29, 1.82) is 0 Å². The zero-order chi connectivity index (χ0) is 8.27. The van der Waals surface area contributed by atoms with E-state index in [1.165, 1.54) is 0 Å². The Kier molecular flexibility index (Phi) is 45.5. The van der Waals surface area contributed by atoms with E-state index in [1.54, 1.807) is 0 Å². The molecule has 11 nitrogen and oxygen atoms in total. The Bertz CT molecular complexity index is 139. The van der Waals surface area contributed by atoms with E-state index in [1.807, 2.05) is 0 Å². The molecule has 0 atom stereocenters. The third-order valence-corrected chi connectivity index (χ3v) is 0.844. The molecule has 1 heterocycles. The minimum absolute atomic E-state index is 0. The summed E-state index contributed by atoms with van der Waals surface area (Å²) in [6.07, 6.45) is 0. The van der Waals surface area contributed by atoms with E-state index in [9.17, 15) is 4.70 Å². The van der Waals surface area contributed by atoms with Crippen LogP contribution < -0.4 is 0 Å². The van der Waals surface area contributed by atoms with E-state index in [0.29, 0.717) is 0 Å². The molecule has 0 spiro atoms. The second-order valence-electron chi connectivity index (χ2n) is 1.54. The number of hydrogen-bond acceptors (Lipinski definition) is 7. The van der Waals surface area contributed by atoms with Gasteiger partial charge < -0.3 is 21.9 Å². The van der Waals surface area contributed by atoms with Gasteiger partial charge in [0.05, 0.1) is 0 Å². The van der Waals surface area contributed by atoms with Crippen molar-refractivity contribution in [3.05, 3.63) is 0 Å². The van der Waals surface area contributed by atoms with Crippen LogP contribution in [0, 0.1) is 0 Å². The molecule has 1 saturated heterocycles. The SMILES string of the molecule is O.O.O.O.O=BOB1OB(OB(O)O)O1.[K].[K]. The van der Waals surface area contributed by atoms with Gasteiger partial charge in [-0.1, -0.05) is 0 Å². The van der Waals surface area contributed by atoms with Crippen molar-refractivity contribution in [2.45, 2.75) is 0 Å². The molecule has 0 amide bonds. The minimum atomic E-state index is -1.97. The Balaban J connectivity index is -0.0000000504. The van der Waals surface area contributed by atoms with Crippen LogP contribution in [0.3, 0.4) is 0 Å². The first-order chi connectivity index (χ1) is 5.22. The van der Waals surface area contributed by atoms with Gasteiger partial charge in [0.1, 0.15) is 0 Å². The molecule has 17 heavy (non-hydrogen) atoms. The first-order valence-corrected chi connectivity index (χ1v) is 2.64. The van der Waals surface area contributed by atoms with Gasteiger partial charge >= 0.3 is 62.4 Å². The monoisotopic (exact) mass is 308 g/mol. The van der Waals surface area contributed by atoms with Crippen molar-refractivity contribution >= 4 is 132 Å². The van der Waals surface area contributed by atoms with Crippen LogP contribution in [0.15, 0.2) is 0 Å². The molecule has 0 unspecified atom stereocenters. The zero-order valence-electron chi connectivity index (χ0n) is 9.25. The van der Waals surface area contributed by atoms with Crippen LogP contribution in [-0.2, 0) is 23.0 Å². The standard InChI is InChI=1S/B4H2O7.2K.4H2O/c5-1-8-3-10-4(11-3)9-2(6)7;;;;;;/h6-7H;;;4*1H2. The first-order valence-electron chi connectivity index (χ1n) is 2.64. The van der Waals surface area contributed by atoms with E-state index in [4.69, 9.17) is 10.0 Å². The van der Waals surface area contributed by atoms with E-state index < -0.39 is 22.0 Å². The maximum Gasteiger partial charge on any atom is 0 e. The van der Waals surface area contributed by atoms with E-state index >= 15 is 0 Å². The predicted octanol–water partition coefficient (Wildman–Crippen LogP) is -7.09. The minimum Gasteiger partial charge on any atom is 0 e. The summed E-state index contributed by atoms with van der Waals surface area (Å²) in [5.41, 5.74) is 0. The van der Waals surface area contributed by atoms with Crippen molar-refractivity contribution < 1.29 is 54.9 Å². The van der Waals surface area contributed by atoms with Crippen LogP contribution in [-0.4, -0.2) is 164 Å². The largest absolute Gasteiger partial charge is 0 e. The molecule has 0 aromatic carbocycles. The third kappa shape index (κ3) is 16.7. The normalized spacial score (nSPS) is 10.0. The topological polar surface area (TPSA) is 220 Å². The Morgan fingerprint density at radius 1 is 1.00 bits per heavy atom. The van der Waals surface area contributed by atoms with Gasteiger partial charge in [0, 0.05) is 103 Å². The molecular formula is H10B4K2O11. The van der Waals surface area contributed by atoms with Gasteiger partial charge in [-0.3, -0.25) is 0 Å². The van der Waals surface area contributed by atoms with Crippen LogP contribution in [0.25, 0.3) is 0 Å². The predicted molar refractivity (Wildman–Crippen MR) is 58.4 cm³/mol. The summed E-state index contributed by atoms with van der Waals surface area (Å²) >= 11 is 0. The number of rotatable bonds is 4. The van der Waals surface area contributed by atoms with Gasteiger partial charge in [0.15, 0.2) is 0 Å². The van der Waals surface area contributed by atoms with Crippen molar-refractivity contribution in [1.82, 2.24) is 0 Å². The van der Waals surface area contributed by atoms with Gasteiger partial charge in [-0.15, -0.1) is 0 Å². The number of hydrogen-bond donors (Lipinski definition) is 2. The molecule has 2 radical (unpaired) electrons. The summed E-state index contributed by atoms with van der Waals surface area (Å²) in [5, 5.41) is 16.3. The molecule has 0 bridgehead atoms. The maximum absolute atomic E-state index is 9.62. The molecule has 1 rings (SSSR count). The van der Waals surface area contributed by atoms with Crippen LogP contribution in [0.5, 0.6) is 0 Å². The van der Waals surface area contributed by atoms with Gasteiger partial charge in [0.2, 0.25) is 0 Å². The van der Waals surface area contributed by atoms with Crippen LogP contribution in [0.2, 0.25) is 0 Å². The molecule has 0 aliphatic carbocycles. The van der Waals surface area contributed by atoms with Gasteiger partial charge in [0.25, 0.3) is 0 Å². The van der Waals surface area contributed by atoms with Crippen molar-refractivity contribution in [3.63, 3.8) is 0 Å². The van der Waals surface area contributed by atoms with E-state index in [0.717, 1.165) is 0 Å². The molecule has 0 aromatic rings. The van der Waals surface area contributed by atoms with E-state index in [-0.39, 0.29) is 132 Å². The fourth-order valence-electron chi connectivity index (χ4n) is 0.465. The zero-order valence-corrected chi connectivity index (χ0v) is 15.5. The molecule has 1 fully saturated rings. The summed E-state index contributed by atoms with van der Waals surface area (Å²) in [4.78, 5) is 0. The molecule has 1 aliphatic heterocycles. The fraction of sp³-hybridized carbons (Fsp3) is 0. The van der Waals surface area contributed by atoms with Crippen molar-refractivity contribution in [2.75, 3.05) is 0 Å². The molecule has 17 heteroatoms. The van der Waals surface area contributed by atoms with Gasteiger partial charge in [-0.25, -0.2) is 0 Å². The third-order valence-electron chi connectivity index (χ3n) is 0.844. The Hall–Kier alpha value is 2.77. The molecular weight excluding hydrogens is 297 g/mol. The Morgan fingerprint density at radius 3 is 1.71 bits per heavy atom. The first kappa shape index (κ1) is 36.7. The van der Waals surface area contributed by atoms with E-state index in [2.05, 4.69) is 18.3 Å².